The lowest BCUT2D eigenvalue weighted by atomic mass is 9.79. The first-order valence-corrected chi connectivity index (χ1v) is 6.54. The molecule has 0 spiro atoms. The standard InChI is InChI=1S/C17H18N2/c1-17(2)13-19-10-9-16(17)8-4-6-14-5-3-7-15(11-14)12-18/h3,5,7-8,11,19H,9-10,13H2,1-2H3/b16-8+. The number of nitriles is 1. The molecule has 0 radical (unpaired) electrons. The van der Waals surface area contributed by atoms with E-state index in [-0.39, 0.29) is 5.41 Å². The molecule has 2 heteroatoms. The van der Waals surface area contributed by atoms with Gasteiger partial charge in [-0.2, -0.15) is 5.26 Å². The lowest BCUT2D eigenvalue weighted by molar-refractivity contribution is 0.357. The summed E-state index contributed by atoms with van der Waals surface area (Å²) in [6, 6.07) is 9.53. The van der Waals surface area contributed by atoms with Crippen LogP contribution in [0.1, 0.15) is 31.4 Å². The van der Waals surface area contributed by atoms with Crippen molar-refractivity contribution < 1.29 is 0 Å². The van der Waals surface area contributed by atoms with Gasteiger partial charge in [-0.1, -0.05) is 37.3 Å². The molecule has 0 unspecified atom stereocenters. The van der Waals surface area contributed by atoms with E-state index >= 15 is 0 Å². The van der Waals surface area contributed by atoms with E-state index < -0.39 is 0 Å². The summed E-state index contributed by atoms with van der Waals surface area (Å²) >= 11 is 0. The SMILES string of the molecule is CC1(C)CNCC/C1=C\C#Cc1cccc(C#N)c1. The third-order valence-electron chi connectivity index (χ3n) is 3.46. The van der Waals surface area contributed by atoms with Crippen molar-refractivity contribution in [1.29, 1.82) is 5.26 Å². The quantitative estimate of drug-likeness (QED) is 0.719. The highest BCUT2D eigenvalue weighted by Crippen LogP contribution is 2.30. The normalized spacial score (nSPS) is 19.3. The molecule has 1 aromatic rings. The highest BCUT2D eigenvalue weighted by atomic mass is 14.9. The van der Waals surface area contributed by atoms with E-state index in [0.29, 0.717) is 5.56 Å². The Hall–Kier alpha value is -2.03. The molecule has 0 aromatic heterocycles. The first kappa shape index (κ1) is 13.4. The summed E-state index contributed by atoms with van der Waals surface area (Å²) in [6.07, 6.45) is 3.10. The molecule has 0 atom stereocenters. The average Bonchev–Trinajstić information content (AvgIpc) is 2.41. The molecule has 1 saturated heterocycles. The van der Waals surface area contributed by atoms with Crippen LogP contribution in [0.15, 0.2) is 35.9 Å². The lowest BCUT2D eigenvalue weighted by Gasteiger charge is -2.33. The van der Waals surface area contributed by atoms with E-state index in [1.54, 1.807) is 6.07 Å². The number of nitrogens with zero attached hydrogens (tertiary/aromatic N) is 1. The van der Waals surface area contributed by atoms with Crippen LogP contribution in [-0.4, -0.2) is 13.1 Å². The van der Waals surface area contributed by atoms with Gasteiger partial charge in [0.2, 0.25) is 0 Å². The van der Waals surface area contributed by atoms with E-state index in [1.165, 1.54) is 5.57 Å². The molecule has 2 rings (SSSR count). The molecular weight excluding hydrogens is 232 g/mol. The fourth-order valence-corrected chi connectivity index (χ4v) is 2.22. The van der Waals surface area contributed by atoms with Gasteiger partial charge in [-0.05, 0) is 42.7 Å². The summed E-state index contributed by atoms with van der Waals surface area (Å²) < 4.78 is 0. The summed E-state index contributed by atoms with van der Waals surface area (Å²) in [5.74, 6) is 6.24. The second-order valence-corrected chi connectivity index (χ2v) is 5.44. The summed E-state index contributed by atoms with van der Waals surface area (Å²) in [7, 11) is 0. The molecule has 1 aliphatic heterocycles. The van der Waals surface area contributed by atoms with Crippen LogP contribution in [0, 0.1) is 28.6 Å². The van der Waals surface area contributed by atoms with Gasteiger partial charge in [0, 0.05) is 12.1 Å². The van der Waals surface area contributed by atoms with E-state index in [4.69, 9.17) is 5.26 Å². The fraction of sp³-hybridized carbons (Fsp3) is 0.353. The second-order valence-electron chi connectivity index (χ2n) is 5.44. The van der Waals surface area contributed by atoms with Crippen molar-refractivity contribution in [3.05, 3.63) is 47.0 Å². The van der Waals surface area contributed by atoms with Crippen LogP contribution >= 0.6 is 0 Å². The third-order valence-corrected chi connectivity index (χ3v) is 3.46. The number of rotatable bonds is 0. The monoisotopic (exact) mass is 250 g/mol. The molecular formula is C17H18N2. The zero-order valence-electron chi connectivity index (χ0n) is 11.5. The Bertz CT molecular complexity index is 592. The molecule has 2 nitrogen and oxygen atoms in total. The van der Waals surface area contributed by atoms with Crippen LogP contribution in [0.2, 0.25) is 0 Å². The number of nitrogens with one attached hydrogen (secondary N) is 1. The zero-order valence-corrected chi connectivity index (χ0v) is 11.5. The maximum atomic E-state index is 8.84. The predicted molar refractivity (Wildman–Crippen MR) is 77.4 cm³/mol. The molecule has 1 fully saturated rings. The van der Waals surface area contributed by atoms with Crippen LogP contribution in [0.5, 0.6) is 0 Å². The summed E-state index contributed by atoms with van der Waals surface area (Å²) in [4.78, 5) is 0. The smallest absolute Gasteiger partial charge is 0.0992 e. The van der Waals surface area contributed by atoms with Crippen molar-refractivity contribution in [2.75, 3.05) is 13.1 Å². The van der Waals surface area contributed by atoms with Gasteiger partial charge in [0.25, 0.3) is 0 Å². The molecule has 1 N–H and O–H groups in total. The van der Waals surface area contributed by atoms with E-state index in [2.05, 4.69) is 37.1 Å². The van der Waals surface area contributed by atoms with Gasteiger partial charge in [0.1, 0.15) is 0 Å². The molecule has 0 saturated carbocycles. The number of hydrogen-bond donors (Lipinski definition) is 1. The van der Waals surface area contributed by atoms with Gasteiger partial charge < -0.3 is 5.32 Å². The summed E-state index contributed by atoms with van der Waals surface area (Å²) in [5, 5.41) is 12.2. The molecule has 1 aliphatic rings. The Morgan fingerprint density at radius 2 is 2.11 bits per heavy atom. The predicted octanol–water partition coefficient (Wildman–Crippen LogP) is 2.86. The fourth-order valence-electron chi connectivity index (χ4n) is 2.22. The van der Waals surface area contributed by atoms with Gasteiger partial charge in [-0.15, -0.1) is 0 Å². The van der Waals surface area contributed by atoms with Crippen molar-refractivity contribution in [2.45, 2.75) is 20.3 Å². The number of piperidine rings is 1. The Balaban J connectivity index is 2.18. The average molecular weight is 250 g/mol. The molecule has 96 valence electrons. The number of allylic oxidation sites excluding steroid dienone is 1. The second kappa shape index (κ2) is 5.74. The molecule has 0 amide bonds. The van der Waals surface area contributed by atoms with Gasteiger partial charge in [0.15, 0.2) is 0 Å². The van der Waals surface area contributed by atoms with E-state index in [0.717, 1.165) is 25.1 Å². The number of hydrogen-bond acceptors (Lipinski definition) is 2. The highest BCUT2D eigenvalue weighted by Gasteiger charge is 2.25. The van der Waals surface area contributed by atoms with Crippen molar-refractivity contribution in [2.24, 2.45) is 5.41 Å². The molecule has 19 heavy (non-hydrogen) atoms. The van der Waals surface area contributed by atoms with Gasteiger partial charge in [-0.3, -0.25) is 0 Å². The molecule has 1 heterocycles. The Morgan fingerprint density at radius 3 is 2.84 bits per heavy atom. The van der Waals surface area contributed by atoms with Crippen LogP contribution < -0.4 is 5.32 Å². The molecule has 0 bridgehead atoms. The Labute approximate surface area is 115 Å². The van der Waals surface area contributed by atoms with Gasteiger partial charge >= 0.3 is 0 Å². The van der Waals surface area contributed by atoms with Crippen molar-refractivity contribution in [3.63, 3.8) is 0 Å². The first-order valence-electron chi connectivity index (χ1n) is 6.54. The first-order chi connectivity index (χ1) is 9.12. The zero-order chi connectivity index (χ0) is 13.7. The number of benzene rings is 1. The van der Waals surface area contributed by atoms with E-state index in [1.807, 2.05) is 24.3 Å². The van der Waals surface area contributed by atoms with Gasteiger partial charge in [0.05, 0.1) is 11.6 Å². The maximum absolute atomic E-state index is 8.84. The van der Waals surface area contributed by atoms with Crippen molar-refractivity contribution >= 4 is 0 Å². The van der Waals surface area contributed by atoms with Crippen LogP contribution in [0.25, 0.3) is 0 Å². The van der Waals surface area contributed by atoms with Crippen LogP contribution in [-0.2, 0) is 0 Å². The van der Waals surface area contributed by atoms with Crippen LogP contribution in [0.3, 0.4) is 0 Å². The minimum absolute atomic E-state index is 0.182. The topological polar surface area (TPSA) is 35.8 Å². The Kier molecular flexibility index (Phi) is 4.05. The van der Waals surface area contributed by atoms with Gasteiger partial charge in [-0.25, -0.2) is 0 Å². The molecule has 1 aromatic carbocycles. The third kappa shape index (κ3) is 3.47. The summed E-state index contributed by atoms with van der Waals surface area (Å²) in [5.41, 5.74) is 3.13. The maximum Gasteiger partial charge on any atom is 0.0992 e. The Morgan fingerprint density at radius 1 is 1.32 bits per heavy atom. The summed E-state index contributed by atoms with van der Waals surface area (Å²) in [6.45, 7) is 6.51. The highest BCUT2D eigenvalue weighted by molar-refractivity contribution is 5.43. The minimum Gasteiger partial charge on any atom is -0.316 e. The largest absolute Gasteiger partial charge is 0.316 e. The molecule has 0 aliphatic carbocycles. The minimum atomic E-state index is 0.182. The van der Waals surface area contributed by atoms with Crippen molar-refractivity contribution in [3.8, 4) is 17.9 Å². The van der Waals surface area contributed by atoms with E-state index in [9.17, 15) is 0 Å². The lowest BCUT2D eigenvalue weighted by Crippen LogP contribution is -2.37. The van der Waals surface area contributed by atoms with Crippen LogP contribution in [0.4, 0.5) is 0 Å². The van der Waals surface area contributed by atoms with Crippen molar-refractivity contribution in [1.82, 2.24) is 5.32 Å².